The van der Waals surface area contributed by atoms with Crippen LogP contribution in [-0.2, 0) is 6.42 Å². The predicted molar refractivity (Wildman–Crippen MR) is 101 cm³/mol. The van der Waals surface area contributed by atoms with Crippen molar-refractivity contribution in [2.24, 2.45) is 0 Å². The lowest BCUT2D eigenvalue weighted by atomic mass is 9.97. The van der Waals surface area contributed by atoms with Gasteiger partial charge in [-0.15, -0.1) is 10.2 Å². The number of ether oxygens (including phenoxy) is 1. The number of rotatable bonds is 5. The fourth-order valence-corrected chi connectivity index (χ4v) is 3.05. The van der Waals surface area contributed by atoms with Crippen molar-refractivity contribution in [2.45, 2.75) is 6.42 Å². The molecule has 1 aromatic heterocycles. The molecule has 0 radical (unpaired) electrons. The lowest BCUT2D eigenvalue weighted by molar-refractivity contribution is 0.416. The van der Waals surface area contributed by atoms with Crippen molar-refractivity contribution in [3.63, 3.8) is 0 Å². The summed E-state index contributed by atoms with van der Waals surface area (Å²) in [5.41, 5.74) is 4.96. The molecular formula is C22H17FN2O2. The topological polar surface area (TPSA) is 48.2 Å². The molecule has 4 aromatic rings. The van der Waals surface area contributed by atoms with Crippen LogP contribution in [0, 0.1) is 5.82 Å². The van der Waals surface area contributed by atoms with Gasteiger partial charge in [0.05, 0.1) is 7.11 Å². The maximum Gasteiger partial charge on any atom is 0.247 e. The molecule has 0 fully saturated rings. The molecule has 0 aliphatic rings. The van der Waals surface area contributed by atoms with E-state index in [1.165, 1.54) is 18.5 Å². The van der Waals surface area contributed by atoms with E-state index >= 15 is 0 Å². The average molecular weight is 360 g/mol. The SMILES string of the molecule is COc1ccc(Cc2ccc(F)cc2)cc1-c1cccc(-c2nnco2)c1. The van der Waals surface area contributed by atoms with Crippen LogP contribution >= 0.6 is 0 Å². The number of nitrogens with zero attached hydrogens (tertiary/aromatic N) is 2. The summed E-state index contributed by atoms with van der Waals surface area (Å²) in [6.45, 7) is 0. The minimum atomic E-state index is -0.230. The summed E-state index contributed by atoms with van der Waals surface area (Å²) in [4.78, 5) is 0. The zero-order valence-electron chi connectivity index (χ0n) is 14.7. The van der Waals surface area contributed by atoms with Gasteiger partial charge >= 0.3 is 0 Å². The maximum absolute atomic E-state index is 13.1. The van der Waals surface area contributed by atoms with Crippen LogP contribution in [-0.4, -0.2) is 17.3 Å². The van der Waals surface area contributed by atoms with Crippen molar-refractivity contribution in [1.82, 2.24) is 10.2 Å². The summed E-state index contributed by atoms with van der Waals surface area (Å²) in [5, 5.41) is 7.70. The maximum atomic E-state index is 13.1. The number of benzene rings is 3. The van der Waals surface area contributed by atoms with E-state index in [0.717, 1.165) is 33.6 Å². The van der Waals surface area contributed by atoms with Gasteiger partial charge in [-0.1, -0.05) is 30.3 Å². The molecule has 27 heavy (non-hydrogen) atoms. The van der Waals surface area contributed by atoms with Gasteiger partial charge in [0.15, 0.2) is 0 Å². The monoisotopic (exact) mass is 360 g/mol. The van der Waals surface area contributed by atoms with Gasteiger partial charge < -0.3 is 9.15 Å². The molecular weight excluding hydrogens is 343 g/mol. The van der Waals surface area contributed by atoms with E-state index in [-0.39, 0.29) is 5.82 Å². The van der Waals surface area contributed by atoms with Crippen molar-refractivity contribution >= 4 is 0 Å². The highest BCUT2D eigenvalue weighted by Crippen LogP contribution is 2.33. The molecule has 4 nitrogen and oxygen atoms in total. The Morgan fingerprint density at radius 1 is 0.926 bits per heavy atom. The number of aromatic nitrogens is 2. The van der Waals surface area contributed by atoms with Gasteiger partial charge in [0.2, 0.25) is 12.3 Å². The first kappa shape index (κ1) is 17.0. The molecule has 1 heterocycles. The Kier molecular flexibility index (Phi) is 4.66. The fourth-order valence-electron chi connectivity index (χ4n) is 3.05. The molecule has 0 atom stereocenters. The summed E-state index contributed by atoms with van der Waals surface area (Å²) in [5.74, 6) is 1.02. The summed E-state index contributed by atoms with van der Waals surface area (Å²) >= 11 is 0. The van der Waals surface area contributed by atoms with Crippen LogP contribution in [0.25, 0.3) is 22.6 Å². The lowest BCUT2D eigenvalue weighted by Crippen LogP contribution is -1.93. The van der Waals surface area contributed by atoms with Gasteiger partial charge in [-0.3, -0.25) is 0 Å². The quantitative estimate of drug-likeness (QED) is 0.494. The van der Waals surface area contributed by atoms with E-state index in [0.29, 0.717) is 12.3 Å². The zero-order chi connectivity index (χ0) is 18.6. The molecule has 5 heteroatoms. The number of halogens is 1. The van der Waals surface area contributed by atoms with Crippen LogP contribution in [0.5, 0.6) is 5.75 Å². The second kappa shape index (κ2) is 7.41. The zero-order valence-corrected chi connectivity index (χ0v) is 14.7. The first-order chi connectivity index (χ1) is 13.2. The van der Waals surface area contributed by atoms with Crippen molar-refractivity contribution in [1.29, 1.82) is 0 Å². The first-order valence-electron chi connectivity index (χ1n) is 8.51. The van der Waals surface area contributed by atoms with Gasteiger partial charge in [-0.2, -0.15) is 0 Å². The van der Waals surface area contributed by atoms with Crippen molar-refractivity contribution < 1.29 is 13.5 Å². The molecule has 0 aliphatic heterocycles. The minimum absolute atomic E-state index is 0.230. The summed E-state index contributed by atoms with van der Waals surface area (Å²) in [6.07, 6.45) is 2.02. The Morgan fingerprint density at radius 2 is 1.70 bits per heavy atom. The molecule has 0 saturated carbocycles. The van der Waals surface area contributed by atoms with Crippen LogP contribution in [0.1, 0.15) is 11.1 Å². The molecule has 0 bridgehead atoms. The second-order valence-electron chi connectivity index (χ2n) is 6.16. The van der Waals surface area contributed by atoms with E-state index in [4.69, 9.17) is 9.15 Å². The number of methoxy groups -OCH3 is 1. The van der Waals surface area contributed by atoms with Gasteiger partial charge in [0.1, 0.15) is 11.6 Å². The highest BCUT2D eigenvalue weighted by atomic mass is 19.1. The van der Waals surface area contributed by atoms with Gasteiger partial charge in [-0.05, 0) is 59.5 Å². The molecule has 0 N–H and O–H groups in total. The average Bonchev–Trinajstić information content (AvgIpc) is 3.25. The minimum Gasteiger partial charge on any atom is -0.496 e. The molecule has 0 spiro atoms. The standard InChI is InChI=1S/C22H17FN2O2/c1-26-21-10-7-16(11-15-5-8-19(23)9-6-15)12-20(21)17-3-2-4-18(13-17)22-25-24-14-27-22/h2-10,12-14H,11H2,1H3. The van der Waals surface area contributed by atoms with Gasteiger partial charge in [-0.25, -0.2) is 4.39 Å². The molecule has 0 saturated heterocycles. The molecule has 134 valence electrons. The highest BCUT2D eigenvalue weighted by Gasteiger charge is 2.11. The normalized spacial score (nSPS) is 10.7. The van der Waals surface area contributed by atoms with E-state index in [1.807, 2.05) is 36.4 Å². The Balaban J connectivity index is 1.71. The molecule has 4 rings (SSSR count). The molecule has 0 amide bonds. The highest BCUT2D eigenvalue weighted by molar-refractivity contribution is 5.75. The molecule has 0 aliphatic carbocycles. The fraction of sp³-hybridized carbons (Fsp3) is 0.0909. The van der Waals surface area contributed by atoms with Crippen molar-refractivity contribution in [3.05, 3.63) is 90.1 Å². The first-order valence-corrected chi connectivity index (χ1v) is 8.51. The summed E-state index contributed by atoms with van der Waals surface area (Å²) in [7, 11) is 1.65. The van der Waals surface area contributed by atoms with E-state index in [1.54, 1.807) is 19.2 Å². The summed E-state index contributed by atoms with van der Waals surface area (Å²) < 4.78 is 24.0. The van der Waals surface area contributed by atoms with Crippen LogP contribution in [0.2, 0.25) is 0 Å². The number of hydrogen-bond acceptors (Lipinski definition) is 4. The smallest absolute Gasteiger partial charge is 0.247 e. The second-order valence-corrected chi connectivity index (χ2v) is 6.16. The van der Waals surface area contributed by atoms with Crippen LogP contribution in [0.15, 0.2) is 77.5 Å². The Labute approximate surface area is 156 Å². The Hall–Kier alpha value is -3.47. The van der Waals surface area contributed by atoms with Gasteiger partial charge in [0.25, 0.3) is 0 Å². The third kappa shape index (κ3) is 3.72. The number of hydrogen-bond donors (Lipinski definition) is 0. The van der Waals surface area contributed by atoms with E-state index in [2.05, 4.69) is 16.3 Å². The van der Waals surface area contributed by atoms with Crippen LogP contribution in [0.4, 0.5) is 4.39 Å². The third-order valence-electron chi connectivity index (χ3n) is 4.37. The Bertz CT molecular complexity index is 1040. The lowest BCUT2D eigenvalue weighted by Gasteiger charge is -2.12. The van der Waals surface area contributed by atoms with E-state index < -0.39 is 0 Å². The molecule has 0 unspecified atom stereocenters. The predicted octanol–water partition coefficient (Wildman–Crippen LogP) is 5.14. The Morgan fingerprint density at radius 3 is 2.44 bits per heavy atom. The van der Waals surface area contributed by atoms with E-state index in [9.17, 15) is 4.39 Å². The summed E-state index contributed by atoms with van der Waals surface area (Å²) in [6, 6.07) is 20.5. The van der Waals surface area contributed by atoms with Crippen molar-refractivity contribution in [2.75, 3.05) is 7.11 Å². The van der Waals surface area contributed by atoms with Crippen LogP contribution in [0.3, 0.4) is 0 Å². The van der Waals surface area contributed by atoms with Gasteiger partial charge in [0, 0.05) is 11.1 Å². The van der Waals surface area contributed by atoms with Crippen molar-refractivity contribution in [3.8, 4) is 28.3 Å². The molecule has 3 aromatic carbocycles. The van der Waals surface area contributed by atoms with Crippen LogP contribution < -0.4 is 4.74 Å². The third-order valence-corrected chi connectivity index (χ3v) is 4.37. The largest absolute Gasteiger partial charge is 0.496 e.